The minimum Gasteiger partial charge on any atom is -0.457 e. The molecule has 214 valence electrons. The normalized spacial score (nSPS) is 12.2. The Bertz CT molecular complexity index is 1780. The number of anilines is 2. The van der Waals surface area contributed by atoms with Crippen LogP contribution in [0.5, 0.6) is 11.5 Å². The Labute approximate surface area is 242 Å². The standard InChI is InChI=1S/C31H31N7O4/c1-21(41-3)36(2)18-8-13-27(39)35-22-9-7-10-24(19-22)38-30-28(29(32)33-20-34-30)37(31(38)40)23-14-16-26(17-15-23)42-25-11-5-4-6-12-25/h4-17,19-21H,18H2,1-3H3,(H,35,39)(H2,32,33,34). The van der Waals surface area contributed by atoms with Crippen LogP contribution in [0.3, 0.4) is 0 Å². The number of benzene rings is 3. The molecule has 1 atom stereocenters. The van der Waals surface area contributed by atoms with Crippen LogP contribution in [0, 0.1) is 0 Å². The topological polar surface area (TPSA) is 130 Å². The number of aromatic nitrogens is 4. The van der Waals surface area contributed by atoms with Gasteiger partial charge in [-0.3, -0.25) is 14.3 Å². The monoisotopic (exact) mass is 565 g/mol. The largest absolute Gasteiger partial charge is 0.457 e. The minimum atomic E-state index is -0.396. The van der Waals surface area contributed by atoms with Crippen molar-refractivity contribution < 1.29 is 14.3 Å². The van der Waals surface area contributed by atoms with Gasteiger partial charge < -0.3 is 20.5 Å². The van der Waals surface area contributed by atoms with Crippen molar-refractivity contribution >= 4 is 28.6 Å². The molecule has 42 heavy (non-hydrogen) atoms. The summed E-state index contributed by atoms with van der Waals surface area (Å²) >= 11 is 0. The molecule has 3 aromatic carbocycles. The lowest BCUT2D eigenvalue weighted by molar-refractivity contribution is -0.111. The summed E-state index contributed by atoms with van der Waals surface area (Å²) in [5, 5.41) is 2.84. The number of methoxy groups -OCH3 is 1. The van der Waals surface area contributed by atoms with Gasteiger partial charge in [0.05, 0.1) is 11.4 Å². The second-order valence-corrected chi connectivity index (χ2v) is 9.51. The van der Waals surface area contributed by atoms with Crippen molar-refractivity contribution in [2.24, 2.45) is 0 Å². The van der Waals surface area contributed by atoms with Crippen LogP contribution in [0.1, 0.15) is 6.92 Å². The fourth-order valence-electron chi connectivity index (χ4n) is 4.37. The van der Waals surface area contributed by atoms with Crippen molar-refractivity contribution in [3.05, 3.63) is 108 Å². The third-order valence-electron chi connectivity index (χ3n) is 6.72. The van der Waals surface area contributed by atoms with Crippen LogP contribution < -0.4 is 21.5 Å². The number of fused-ring (bicyclic) bond motifs is 1. The lowest BCUT2D eigenvalue weighted by Crippen LogP contribution is -2.30. The zero-order valence-electron chi connectivity index (χ0n) is 23.5. The summed E-state index contributed by atoms with van der Waals surface area (Å²) in [7, 11) is 3.53. The van der Waals surface area contributed by atoms with E-state index in [9.17, 15) is 9.59 Å². The van der Waals surface area contributed by atoms with Crippen LogP contribution in [0.4, 0.5) is 11.5 Å². The van der Waals surface area contributed by atoms with Gasteiger partial charge in [0, 0.05) is 25.4 Å². The van der Waals surface area contributed by atoms with Crippen LogP contribution >= 0.6 is 0 Å². The molecule has 2 aromatic heterocycles. The predicted octanol–water partition coefficient (Wildman–Crippen LogP) is 4.36. The molecule has 0 bridgehead atoms. The van der Waals surface area contributed by atoms with E-state index >= 15 is 0 Å². The number of nitrogen functional groups attached to an aromatic ring is 1. The fourth-order valence-corrected chi connectivity index (χ4v) is 4.37. The SMILES string of the molecule is COC(C)N(C)CC=CC(=O)Nc1cccc(-n2c(=O)n(-c3ccc(Oc4ccccc4)cc3)c3c(N)ncnc32)c1. The number of nitrogens with one attached hydrogen (secondary N) is 1. The van der Waals surface area contributed by atoms with Crippen LogP contribution in [-0.2, 0) is 9.53 Å². The van der Waals surface area contributed by atoms with Crippen LogP contribution in [0.25, 0.3) is 22.5 Å². The van der Waals surface area contributed by atoms with Gasteiger partial charge in [-0.25, -0.2) is 19.3 Å². The van der Waals surface area contributed by atoms with Crippen molar-refractivity contribution in [1.82, 2.24) is 24.0 Å². The number of carbonyl (C=O) groups excluding carboxylic acids is 1. The zero-order chi connectivity index (χ0) is 29.6. The average Bonchev–Trinajstić information content (AvgIpc) is 3.30. The van der Waals surface area contributed by atoms with Crippen LogP contribution in [0.2, 0.25) is 0 Å². The molecule has 1 unspecified atom stereocenters. The fraction of sp³-hybridized carbons (Fsp3) is 0.161. The number of amides is 1. The van der Waals surface area contributed by atoms with Gasteiger partial charge in [-0.1, -0.05) is 30.3 Å². The first kappa shape index (κ1) is 28.3. The number of imidazole rings is 1. The lowest BCUT2D eigenvalue weighted by atomic mass is 10.2. The maximum atomic E-state index is 13.9. The van der Waals surface area contributed by atoms with Crippen molar-refractivity contribution in [2.75, 3.05) is 31.8 Å². The number of para-hydroxylation sites is 1. The molecule has 0 spiro atoms. The molecule has 0 aliphatic rings. The Hall–Kier alpha value is -5.26. The highest BCUT2D eigenvalue weighted by molar-refractivity contribution is 5.99. The number of rotatable bonds is 10. The third-order valence-corrected chi connectivity index (χ3v) is 6.72. The van der Waals surface area contributed by atoms with Gasteiger partial charge in [0.25, 0.3) is 0 Å². The average molecular weight is 566 g/mol. The van der Waals surface area contributed by atoms with Crippen LogP contribution in [-0.4, -0.2) is 56.8 Å². The van der Waals surface area contributed by atoms with E-state index in [1.165, 1.54) is 21.5 Å². The molecule has 3 N–H and O–H groups in total. The Kier molecular flexibility index (Phi) is 8.42. The molecule has 11 nitrogen and oxygen atoms in total. The first-order valence-corrected chi connectivity index (χ1v) is 13.2. The van der Waals surface area contributed by atoms with Gasteiger partial charge >= 0.3 is 5.69 Å². The van der Waals surface area contributed by atoms with Crippen molar-refractivity contribution in [1.29, 1.82) is 0 Å². The Morgan fingerprint density at radius 1 is 1.00 bits per heavy atom. The molecule has 11 heteroatoms. The maximum Gasteiger partial charge on any atom is 0.339 e. The molecule has 5 aromatic rings. The van der Waals surface area contributed by atoms with Gasteiger partial charge in [-0.05, 0) is 68.6 Å². The summed E-state index contributed by atoms with van der Waals surface area (Å²) in [6.07, 6.45) is 4.45. The van der Waals surface area contributed by atoms with Gasteiger partial charge in [0.2, 0.25) is 5.91 Å². The number of hydrogen-bond donors (Lipinski definition) is 2. The van der Waals surface area contributed by atoms with Crippen molar-refractivity contribution in [3.8, 4) is 22.9 Å². The van der Waals surface area contributed by atoms with E-state index in [0.29, 0.717) is 46.3 Å². The number of nitrogens with two attached hydrogens (primary N) is 1. The first-order chi connectivity index (χ1) is 20.4. The number of carbonyl (C=O) groups is 1. The highest BCUT2D eigenvalue weighted by atomic mass is 16.5. The van der Waals surface area contributed by atoms with E-state index in [2.05, 4.69) is 15.3 Å². The van der Waals surface area contributed by atoms with Gasteiger partial charge in [-0.15, -0.1) is 0 Å². The van der Waals surface area contributed by atoms with Gasteiger partial charge in [0.15, 0.2) is 11.5 Å². The summed E-state index contributed by atoms with van der Waals surface area (Å²) in [5.41, 5.74) is 8.13. The molecule has 0 radical (unpaired) electrons. The highest BCUT2D eigenvalue weighted by Crippen LogP contribution is 2.26. The Morgan fingerprint density at radius 2 is 1.74 bits per heavy atom. The van der Waals surface area contributed by atoms with E-state index in [0.717, 1.165) is 0 Å². The van der Waals surface area contributed by atoms with Crippen molar-refractivity contribution in [2.45, 2.75) is 13.2 Å². The molecular formula is C31H31N7O4. The highest BCUT2D eigenvalue weighted by Gasteiger charge is 2.20. The molecule has 0 aliphatic carbocycles. The lowest BCUT2D eigenvalue weighted by Gasteiger charge is -2.21. The molecule has 2 heterocycles. The number of hydrogen-bond acceptors (Lipinski definition) is 8. The number of likely N-dealkylation sites (N-methyl/N-ethyl adjacent to an activating group) is 1. The zero-order valence-corrected chi connectivity index (χ0v) is 23.5. The molecule has 0 saturated heterocycles. The molecule has 0 aliphatic heterocycles. The molecule has 0 fully saturated rings. The third kappa shape index (κ3) is 6.07. The second kappa shape index (κ2) is 12.5. The van der Waals surface area contributed by atoms with E-state index in [-0.39, 0.29) is 18.0 Å². The van der Waals surface area contributed by atoms with E-state index in [4.69, 9.17) is 15.2 Å². The molecule has 5 rings (SSSR count). The molecule has 1 amide bonds. The summed E-state index contributed by atoms with van der Waals surface area (Å²) < 4.78 is 14.1. The van der Waals surface area contributed by atoms with Crippen LogP contribution in [0.15, 0.2) is 102 Å². The molecular weight excluding hydrogens is 534 g/mol. The Balaban J connectivity index is 1.44. The van der Waals surface area contributed by atoms with Gasteiger partial charge in [-0.2, -0.15) is 0 Å². The smallest absolute Gasteiger partial charge is 0.339 e. The quantitative estimate of drug-likeness (QED) is 0.189. The number of ether oxygens (including phenoxy) is 2. The van der Waals surface area contributed by atoms with E-state index in [1.807, 2.05) is 49.2 Å². The summed E-state index contributed by atoms with van der Waals surface area (Å²) in [5.74, 6) is 1.17. The Morgan fingerprint density at radius 3 is 2.48 bits per heavy atom. The first-order valence-electron chi connectivity index (χ1n) is 13.2. The second-order valence-electron chi connectivity index (χ2n) is 9.51. The predicted molar refractivity (Wildman–Crippen MR) is 162 cm³/mol. The summed E-state index contributed by atoms with van der Waals surface area (Å²) in [4.78, 5) is 36.9. The summed E-state index contributed by atoms with van der Waals surface area (Å²) in [6, 6.07) is 23.4. The van der Waals surface area contributed by atoms with Crippen molar-refractivity contribution in [3.63, 3.8) is 0 Å². The summed E-state index contributed by atoms with van der Waals surface area (Å²) in [6.45, 7) is 2.46. The van der Waals surface area contributed by atoms with E-state index < -0.39 is 5.69 Å². The molecule has 0 saturated carbocycles. The minimum absolute atomic E-state index is 0.0757. The van der Waals surface area contributed by atoms with E-state index in [1.54, 1.807) is 61.7 Å². The maximum absolute atomic E-state index is 13.9. The van der Waals surface area contributed by atoms with Gasteiger partial charge in [0.1, 0.15) is 29.6 Å². The number of nitrogens with zero attached hydrogens (tertiary/aromatic N) is 5.